The smallest absolute Gasteiger partial charge is 0.390 e. The number of carbonyl (C=O) groups is 1. The van der Waals surface area contributed by atoms with Gasteiger partial charge in [-0.1, -0.05) is 36.6 Å². The first-order valence-corrected chi connectivity index (χ1v) is 14.4. The molecule has 3 N–H and O–H groups in total. The molecule has 4 rings (SSSR count). The summed E-state index contributed by atoms with van der Waals surface area (Å²) in [6.45, 7) is -0.597. The van der Waals surface area contributed by atoms with Crippen molar-refractivity contribution in [3.05, 3.63) is 64.8 Å². The van der Waals surface area contributed by atoms with Gasteiger partial charge in [-0.05, 0) is 49.2 Å². The lowest BCUT2D eigenvalue weighted by Gasteiger charge is -2.28. The van der Waals surface area contributed by atoms with E-state index in [9.17, 15) is 36.6 Å². The highest BCUT2D eigenvalue weighted by atomic mass is 35.5. The number of aliphatic hydroxyl groups excluding tert-OH is 2. The van der Waals surface area contributed by atoms with E-state index in [1.807, 2.05) is 0 Å². The van der Waals surface area contributed by atoms with Gasteiger partial charge in [-0.2, -0.15) is 26.7 Å². The minimum Gasteiger partial charge on any atom is -0.392 e. The maximum Gasteiger partial charge on any atom is 0.390 e. The van der Waals surface area contributed by atoms with Gasteiger partial charge in [0.1, 0.15) is 5.75 Å². The van der Waals surface area contributed by atoms with Gasteiger partial charge in [0.15, 0.2) is 5.69 Å². The second kappa shape index (κ2) is 12.2. The largest absolute Gasteiger partial charge is 0.392 e. The number of rotatable bonds is 9. The van der Waals surface area contributed by atoms with Gasteiger partial charge in [0.05, 0.1) is 47.3 Å². The third kappa shape index (κ3) is 7.14. The second-order valence-corrected chi connectivity index (χ2v) is 11.5. The van der Waals surface area contributed by atoms with E-state index in [2.05, 4.69) is 10.4 Å². The quantitative estimate of drug-likeness (QED) is 0.310. The molecule has 1 amide bonds. The third-order valence-electron chi connectivity index (χ3n) is 6.47. The molecule has 40 heavy (non-hydrogen) atoms. The molecule has 1 aliphatic rings. The van der Waals surface area contributed by atoms with Gasteiger partial charge in [0.2, 0.25) is 0 Å². The highest BCUT2D eigenvalue weighted by Gasteiger charge is 2.32. The molecule has 2 atom stereocenters. The van der Waals surface area contributed by atoms with Crippen LogP contribution in [0.3, 0.4) is 0 Å². The van der Waals surface area contributed by atoms with Crippen molar-refractivity contribution < 1.29 is 40.8 Å². The van der Waals surface area contributed by atoms with E-state index >= 15 is 0 Å². The molecule has 0 unspecified atom stereocenters. The minimum atomic E-state index is -4.66. The summed E-state index contributed by atoms with van der Waals surface area (Å²) in [7, 11) is -4.51. The van der Waals surface area contributed by atoms with E-state index in [0.717, 1.165) is 12.8 Å². The number of hydrogen-bond donors (Lipinski definition) is 3. The number of aromatic nitrogens is 2. The number of halogens is 4. The van der Waals surface area contributed by atoms with E-state index in [1.54, 1.807) is 24.3 Å². The Kier molecular flexibility index (Phi) is 9.08. The van der Waals surface area contributed by atoms with E-state index in [0.29, 0.717) is 29.1 Å². The molecule has 0 bridgehead atoms. The fourth-order valence-corrected chi connectivity index (χ4v) is 5.68. The Hall–Kier alpha value is -3.13. The van der Waals surface area contributed by atoms with Crippen molar-refractivity contribution in [3.8, 4) is 22.7 Å². The molecule has 1 aliphatic carbocycles. The average Bonchev–Trinajstić information content (AvgIpc) is 3.29. The van der Waals surface area contributed by atoms with Crippen LogP contribution in [0.4, 0.5) is 13.2 Å². The summed E-state index contributed by atoms with van der Waals surface area (Å²) in [5, 5.41) is 28.2. The molecule has 3 aromatic rings. The van der Waals surface area contributed by atoms with E-state index < -0.39 is 53.1 Å². The maximum absolute atomic E-state index is 13.3. The molecular formula is C26H27ClF3N3O6S. The molecular weight excluding hydrogens is 575 g/mol. The van der Waals surface area contributed by atoms with E-state index in [4.69, 9.17) is 15.8 Å². The number of nitrogens with one attached hydrogen (secondary N) is 1. The molecule has 2 aromatic carbocycles. The number of nitrogens with zero attached hydrogens (tertiary/aromatic N) is 2. The topological polar surface area (TPSA) is 131 Å². The zero-order valence-corrected chi connectivity index (χ0v) is 22.6. The summed E-state index contributed by atoms with van der Waals surface area (Å²) in [5.74, 6) is -2.05. The summed E-state index contributed by atoms with van der Waals surface area (Å²) in [6.07, 6.45) is -4.08. The molecule has 0 radical (unpaired) electrons. The lowest BCUT2D eigenvalue weighted by Crippen LogP contribution is -2.45. The molecule has 0 saturated heterocycles. The predicted octanol–water partition coefficient (Wildman–Crippen LogP) is 4.38. The van der Waals surface area contributed by atoms with Crippen molar-refractivity contribution in [2.75, 3.05) is 5.75 Å². The average molecular weight is 602 g/mol. The highest BCUT2D eigenvalue weighted by Crippen LogP contribution is 2.33. The lowest BCUT2D eigenvalue weighted by molar-refractivity contribution is -0.130. The van der Waals surface area contributed by atoms with Crippen LogP contribution < -0.4 is 9.50 Å². The maximum atomic E-state index is 13.3. The molecule has 0 aliphatic heterocycles. The summed E-state index contributed by atoms with van der Waals surface area (Å²) in [6, 6.07) is 11.5. The fourth-order valence-electron chi connectivity index (χ4n) is 4.49. The number of alkyl halides is 3. The van der Waals surface area contributed by atoms with Gasteiger partial charge in [-0.3, -0.25) is 4.79 Å². The van der Waals surface area contributed by atoms with Crippen molar-refractivity contribution in [2.24, 2.45) is 0 Å². The molecule has 216 valence electrons. The van der Waals surface area contributed by atoms with Gasteiger partial charge in [-0.25, -0.2) is 4.68 Å². The van der Waals surface area contributed by atoms with Crippen molar-refractivity contribution in [1.82, 2.24) is 15.1 Å². The van der Waals surface area contributed by atoms with Gasteiger partial charge in [0.25, 0.3) is 5.91 Å². The molecule has 1 heterocycles. The van der Waals surface area contributed by atoms with Crippen molar-refractivity contribution in [3.63, 3.8) is 0 Å². The molecule has 0 spiro atoms. The van der Waals surface area contributed by atoms with Crippen molar-refractivity contribution >= 4 is 27.6 Å². The van der Waals surface area contributed by atoms with Crippen molar-refractivity contribution in [2.45, 2.75) is 57.0 Å². The van der Waals surface area contributed by atoms with Crippen LogP contribution in [-0.2, 0) is 16.7 Å². The Morgan fingerprint density at radius 3 is 2.42 bits per heavy atom. The van der Waals surface area contributed by atoms with E-state index in [-0.39, 0.29) is 22.7 Å². The Bertz CT molecular complexity index is 1460. The monoisotopic (exact) mass is 601 g/mol. The summed E-state index contributed by atoms with van der Waals surface area (Å²) < 4.78 is 67.5. The predicted molar refractivity (Wildman–Crippen MR) is 141 cm³/mol. The number of carbonyl (C=O) groups excluding carboxylic acids is 1. The standard InChI is InChI=1S/C26H27ClF3N3O6S/c27-19-5-1-3-7-21(19)33-24(16-9-11-17(12-10-16)39-40(37,38)14-13-26(28,29)30)18(15-34)23(32-33)25(36)31-20-6-2-4-8-22(20)35/h1,3,5,7,9-12,20,22,34-35H,2,4,6,8,13-15H2,(H,31,36)/t20-,22+/m1/s1. The van der Waals surface area contributed by atoms with Crippen molar-refractivity contribution in [1.29, 1.82) is 0 Å². The SMILES string of the molecule is O=C(N[C@@H]1CCCC[C@@H]1O)c1nn(-c2ccccc2Cl)c(-c2ccc(OS(=O)(=O)CCC(F)(F)F)cc2)c1CO. The van der Waals surface area contributed by atoms with Gasteiger partial charge >= 0.3 is 16.3 Å². The first-order chi connectivity index (χ1) is 18.9. The molecule has 14 heteroatoms. The van der Waals surface area contributed by atoms with Crippen LogP contribution in [0.1, 0.15) is 48.2 Å². The zero-order chi connectivity index (χ0) is 29.1. The number of para-hydroxylation sites is 1. The summed E-state index contributed by atoms with van der Waals surface area (Å²) in [4.78, 5) is 13.3. The Balaban J connectivity index is 1.70. The van der Waals surface area contributed by atoms with Gasteiger partial charge in [0, 0.05) is 11.1 Å². The summed E-state index contributed by atoms with van der Waals surface area (Å²) in [5.41, 5.74) is 1.10. The van der Waals surface area contributed by atoms with Crippen LogP contribution in [0.25, 0.3) is 16.9 Å². The highest BCUT2D eigenvalue weighted by molar-refractivity contribution is 7.87. The second-order valence-electron chi connectivity index (χ2n) is 9.36. The van der Waals surface area contributed by atoms with Crippen LogP contribution in [0, 0.1) is 0 Å². The van der Waals surface area contributed by atoms with Crippen LogP contribution in [0.15, 0.2) is 48.5 Å². The lowest BCUT2D eigenvalue weighted by atomic mass is 9.92. The first kappa shape index (κ1) is 29.8. The Morgan fingerprint density at radius 2 is 1.80 bits per heavy atom. The summed E-state index contributed by atoms with van der Waals surface area (Å²) >= 11 is 6.41. The van der Waals surface area contributed by atoms with Gasteiger partial charge < -0.3 is 19.7 Å². The molecule has 9 nitrogen and oxygen atoms in total. The van der Waals surface area contributed by atoms with Crippen LogP contribution >= 0.6 is 11.6 Å². The van der Waals surface area contributed by atoms with Crippen LogP contribution in [0.5, 0.6) is 5.75 Å². The first-order valence-electron chi connectivity index (χ1n) is 12.4. The molecule has 1 aromatic heterocycles. The molecule has 1 saturated carbocycles. The third-order valence-corrected chi connectivity index (χ3v) is 7.94. The fraction of sp³-hybridized carbons (Fsp3) is 0.385. The number of benzene rings is 2. The Morgan fingerprint density at radius 1 is 1.12 bits per heavy atom. The van der Waals surface area contributed by atoms with Crippen LogP contribution in [-0.4, -0.2) is 58.4 Å². The number of aliphatic hydroxyl groups is 2. The minimum absolute atomic E-state index is 0.0924. The zero-order valence-electron chi connectivity index (χ0n) is 21.1. The normalized spacial score (nSPS) is 17.9. The number of hydrogen-bond acceptors (Lipinski definition) is 7. The molecule has 1 fully saturated rings. The van der Waals surface area contributed by atoms with Crippen LogP contribution in [0.2, 0.25) is 5.02 Å². The van der Waals surface area contributed by atoms with E-state index in [1.165, 1.54) is 28.9 Å². The Labute approximate surface area is 233 Å². The number of amides is 1. The van der Waals surface area contributed by atoms with Gasteiger partial charge in [-0.15, -0.1) is 0 Å².